The molecule has 0 radical (unpaired) electrons. The molecule has 1 heterocycles. The first-order valence-corrected chi connectivity index (χ1v) is 8.69. The monoisotopic (exact) mass is 348 g/mol. The summed E-state index contributed by atoms with van der Waals surface area (Å²) in [5, 5.41) is 3.56. The van der Waals surface area contributed by atoms with Crippen LogP contribution in [0.4, 0.5) is 10.5 Å². The number of benzene rings is 2. The highest BCUT2D eigenvalue weighted by atomic mass is 35.5. The van der Waals surface area contributed by atoms with E-state index < -0.39 is 0 Å². The quantitative estimate of drug-likeness (QED) is 0.879. The molecule has 1 saturated heterocycles. The van der Waals surface area contributed by atoms with Gasteiger partial charge in [-0.15, -0.1) is 11.8 Å². The number of halogens is 1. The van der Waals surface area contributed by atoms with E-state index in [0.29, 0.717) is 11.6 Å². The normalized spacial score (nSPS) is 17.1. The first-order chi connectivity index (χ1) is 11.2. The fourth-order valence-corrected chi connectivity index (χ4v) is 4.08. The number of anilines is 1. The number of carbonyl (C=O) groups is 1. The Balaban J connectivity index is 1.74. The van der Waals surface area contributed by atoms with E-state index in [1.807, 2.05) is 53.4 Å². The second kappa shape index (κ2) is 7.15. The van der Waals surface area contributed by atoms with Crippen molar-refractivity contribution in [1.82, 2.24) is 4.90 Å². The van der Waals surface area contributed by atoms with Crippen molar-refractivity contribution < 1.29 is 9.53 Å². The fourth-order valence-electron chi connectivity index (χ4n) is 2.48. The largest absolute Gasteiger partial charge is 0.497 e. The molecule has 1 aliphatic rings. The molecule has 0 spiro atoms. The van der Waals surface area contributed by atoms with Gasteiger partial charge in [-0.1, -0.05) is 29.8 Å². The number of ether oxygens (including phenoxy) is 1. The van der Waals surface area contributed by atoms with Crippen LogP contribution >= 0.6 is 23.4 Å². The fraction of sp³-hybridized carbons (Fsp3) is 0.235. The Bertz CT molecular complexity index is 693. The topological polar surface area (TPSA) is 41.6 Å². The molecule has 1 fully saturated rings. The van der Waals surface area contributed by atoms with Crippen molar-refractivity contribution in [2.45, 2.75) is 5.37 Å². The lowest BCUT2D eigenvalue weighted by Gasteiger charge is -2.25. The van der Waals surface area contributed by atoms with Crippen molar-refractivity contribution in [3.63, 3.8) is 0 Å². The van der Waals surface area contributed by atoms with Crippen LogP contribution in [0.3, 0.4) is 0 Å². The highest BCUT2D eigenvalue weighted by molar-refractivity contribution is 7.99. The third-order valence-corrected chi connectivity index (χ3v) is 5.25. The molecule has 0 saturated carbocycles. The molecule has 0 aliphatic carbocycles. The molecule has 6 heteroatoms. The first kappa shape index (κ1) is 16.0. The minimum Gasteiger partial charge on any atom is -0.497 e. The van der Waals surface area contributed by atoms with E-state index in [2.05, 4.69) is 5.32 Å². The molecule has 0 unspecified atom stereocenters. The van der Waals surface area contributed by atoms with Gasteiger partial charge in [0.05, 0.1) is 7.11 Å². The Hall–Kier alpha value is -1.85. The van der Waals surface area contributed by atoms with Crippen molar-refractivity contribution >= 4 is 35.1 Å². The highest BCUT2D eigenvalue weighted by Crippen LogP contribution is 2.40. The van der Waals surface area contributed by atoms with Gasteiger partial charge in [0, 0.05) is 28.6 Å². The summed E-state index contributed by atoms with van der Waals surface area (Å²) in [5.74, 6) is 1.65. The molecule has 0 aromatic heterocycles. The predicted octanol–water partition coefficient (Wildman–Crippen LogP) is 4.63. The standard InChI is InChI=1S/C17H17ClN2O2S/c1-22-13-8-6-12(7-9-13)19-17(21)20-10-11-23-16(20)14-4-2-3-5-15(14)18/h2-9,16H,10-11H2,1H3,(H,19,21)/t16-/m1/s1. The van der Waals surface area contributed by atoms with Gasteiger partial charge < -0.3 is 15.0 Å². The number of methoxy groups -OCH3 is 1. The van der Waals surface area contributed by atoms with Gasteiger partial charge in [0.2, 0.25) is 0 Å². The number of nitrogens with zero attached hydrogens (tertiary/aromatic N) is 1. The summed E-state index contributed by atoms with van der Waals surface area (Å²) in [5.41, 5.74) is 1.71. The van der Waals surface area contributed by atoms with Crippen molar-refractivity contribution in [2.75, 3.05) is 24.7 Å². The Morgan fingerprint density at radius 1 is 1.26 bits per heavy atom. The van der Waals surface area contributed by atoms with Gasteiger partial charge in [-0.2, -0.15) is 0 Å². The lowest BCUT2D eigenvalue weighted by atomic mass is 10.2. The Morgan fingerprint density at radius 3 is 2.70 bits per heavy atom. The summed E-state index contributed by atoms with van der Waals surface area (Å²) in [6.45, 7) is 0.697. The van der Waals surface area contributed by atoms with Gasteiger partial charge in [0.1, 0.15) is 11.1 Å². The molecule has 2 amide bonds. The third-order valence-electron chi connectivity index (χ3n) is 3.66. The minimum absolute atomic E-state index is 0.0538. The maximum absolute atomic E-state index is 12.6. The molecular formula is C17H17ClN2O2S. The van der Waals surface area contributed by atoms with Crippen LogP contribution in [-0.4, -0.2) is 30.3 Å². The van der Waals surface area contributed by atoms with Crippen LogP contribution in [0, 0.1) is 0 Å². The predicted molar refractivity (Wildman–Crippen MR) is 95.4 cm³/mol. The molecule has 1 N–H and O–H groups in total. The lowest BCUT2D eigenvalue weighted by molar-refractivity contribution is 0.214. The summed E-state index contributed by atoms with van der Waals surface area (Å²) >= 11 is 8.01. The van der Waals surface area contributed by atoms with Crippen LogP contribution in [0.25, 0.3) is 0 Å². The molecule has 23 heavy (non-hydrogen) atoms. The van der Waals surface area contributed by atoms with Crippen molar-refractivity contribution in [1.29, 1.82) is 0 Å². The zero-order chi connectivity index (χ0) is 16.2. The Morgan fingerprint density at radius 2 is 2.00 bits per heavy atom. The molecular weight excluding hydrogens is 332 g/mol. The summed E-state index contributed by atoms with van der Waals surface area (Å²) in [7, 11) is 1.61. The van der Waals surface area contributed by atoms with E-state index in [1.165, 1.54) is 0 Å². The van der Waals surface area contributed by atoms with Crippen LogP contribution in [0.5, 0.6) is 5.75 Å². The lowest BCUT2D eigenvalue weighted by Crippen LogP contribution is -2.34. The van der Waals surface area contributed by atoms with Crippen LogP contribution in [-0.2, 0) is 0 Å². The van der Waals surface area contributed by atoms with Gasteiger partial charge >= 0.3 is 6.03 Å². The smallest absolute Gasteiger partial charge is 0.323 e. The maximum atomic E-state index is 12.6. The van der Waals surface area contributed by atoms with E-state index >= 15 is 0 Å². The summed E-state index contributed by atoms with van der Waals surface area (Å²) < 4.78 is 5.12. The van der Waals surface area contributed by atoms with Crippen LogP contribution in [0.15, 0.2) is 48.5 Å². The number of amides is 2. The number of nitrogens with one attached hydrogen (secondary N) is 1. The summed E-state index contributed by atoms with van der Waals surface area (Å²) in [6, 6.07) is 14.8. The number of hydrogen-bond donors (Lipinski definition) is 1. The highest BCUT2D eigenvalue weighted by Gasteiger charge is 2.31. The van der Waals surface area contributed by atoms with Gasteiger partial charge in [-0.25, -0.2) is 4.79 Å². The average molecular weight is 349 g/mol. The summed E-state index contributed by atoms with van der Waals surface area (Å²) in [6.07, 6.45) is 0. The molecule has 2 aromatic carbocycles. The van der Waals surface area contributed by atoms with Gasteiger partial charge in [0.15, 0.2) is 0 Å². The van der Waals surface area contributed by atoms with E-state index in [-0.39, 0.29) is 11.4 Å². The zero-order valence-electron chi connectivity index (χ0n) is 12.7. The number of carbonyl (C=O) groups excluding carboxylic acids is 1. The van der Waals surface area contributed by atoms with Crippen molar-refractivity contribution in [3.05, 3.63) is 59.1 Å². The molecule has 1 atom stereocenters. The minimum atomic E-state index is -0.120. The zero-order valence-corrected chi connectivity index (χ0v) is 14.2. The molecule has 120 valence electrons. The molecule has 3 rings (SSSR count). The SMILES string of the molecule is COc1ccc(NC(=O)N2CCS[C@@H]2c2ccccc2Cl)cc1. The van der Waals surface area contributed by atoms with Crippen LogP contribution < -0.4 is 10.1 Å². The van der Waals surface area contributed by atoms with Crippen LogP contribution in [0.2, 0.25) is 5.02 Å². The van der Waals surface area contributed by atoms with E-state index in [0.717, 1.165) is 22.8 Å². The molecule has 2 aromatic rings. The van der Waals surface area contributed by atoms with Gasteiger partial charge in [-0.05, 0) is 30.3 Å². The van der Waals surface area contributed by atoms with Crippen molar-refractivity contribution in [3.8, 4) is 5.75 Å². The van der Waals surface area contributed by atoms with E-state index in [9.17, 15) is 4.79 Å². The number of thioether (sulfide) groups is 1. The first-order valence-electron chi connectivity index (χ1n) is 7.27. The number of urea groups is 1. The Kier molecular flexibility index (Phi) is 4.98. The van der Waals surface area contributed by atoms with E-state index in [1.54, 1.807) is 18.9 Å². The molecule has 4 nitrogen and oxygen atoms in total. The second-order valence-electron chi connectivity index (χ2n) is 5.10. The van der Waals surface area contributed by atoms with E-state index in [4.69, 9.17) is 16.3 Å². The van der Waals surface area contributed by atoms with Gasteiger partial charge in [-0.3, -0.25) is 0 Å². The molecule has 0 bridgehead atoms. The third kappa shape index (κ3) is 3.57. The van der Waals surface area contributed by atoms with Crippen molar-refractivity contribution in [2.24, 2.45) is 0 Å². The molecule has 1 aliphatic heterocycles. The maximum Gasteiger partial charge on any atom is 0.323 e. The van der Waals surface area contributed by atoms with Crippen LogP contribution in [0.1, 0.15) is 10.9 Å². The second-order valence-corrected chi connectivity index (χ2v) is 6.69. The average Bonchev–Trinajstić information content (AvgIpc) is 3.05. The van der Waals surface area contributed by atoms with Gasteiger partial charge in [0.25, 0.3) is 0 Å². The Labute approximate surface area is 144 Å². The number of hydrogen-bond acceptors (Lipinski definition) is 3. The number of rotatable bonds is 3. The summed E-state index contributed by atoms with van der Waals surface area (Å²) in [4.78, 5) is 14.4.